The number of phenols is 3. The van der Waals surface area contributed by atoms with Gasteiger partial charge in [-0.1, -0.05) is 60.9 Å². The average Bonchev–Trinajstić information content (AvgIpc) is 4.33. The topological polar surface area (TPSA) is 187 Å². The van der Waals surface area contributed by atoms with Crippen molar-refractivity contribution in [3.8, 4) is 61.8 Å². The van der Waals surface area contributed by atoms with Crippen molar-refractivity contribution >= 4 is 58.0 Å². The number of halogens is 4. The minimum Gasteiger partial charge on any atom is -0.508 e. The van der Waals surface area contributed by atoms with E-state index in [1.165, 1.54) is 30.0 Å². The summed E-state index contributed by atoms with van der Waals surface area (Å²) in [7, 11) is 1.93. The minimum absolute atomic E-state index is 0.0200. The minimum atomic E-state index is -1.64. The number of aromatic amines is 2. The molecule has 13 nitrogen and oxygen atoms in total. The molecule has 1 saturated carbocycles. The van der Waals surface area contributed by atoms with Gasteiger partial charge in [-0.3, -0.25) is 9.48 Å². The number of aromatic nitrogens is 7. The molecule has 12 rings (SSSR count). The summed E-state index contributed by atoms with van der Waals surface area (Å²) in [4.78, 5) is 29.5. The number of phenolic OH excluding ortho intramolecular Hbond substituents is 3. The van der Waals surface area contributed by atoms with Crippen LogP contribution in [0, 0.1) is 41.0 Å². The van der Waals surface area contributed by atoms with Gasteiger partial charge < -0.3 is 35.3 Å². The quantitative estimate of drug-likeness (QED) is 0.0250. The summed E-state index contributed by atoms with van der Waals surface area (Å²) in [6.07, 6.45) is 14.1. The Hall–Kier alpha value is -8.99. The van der Waals surface area contributed by atoms with Gasteiger partial charge in [-0.2, -0.15) is 0 Å². The summed E-state index contributed by atoms with van der Waals surface area (Å²) in [5, 5.41) is 43.3. The highest BCUT2D eigenvalue weighted by Gasteiger charge is 2.50. The summed E-state index contributed by atoms with van der Waals surface area (Å²) in [5.74, 6) is -5.31. The van der Waals surface area contributed by atoms with Crippen LogP contribution in [-0.4, -0.2) is 69.4 Å². The van der Waals surface area contributed by atoms with Crippen molar-refractivity contribution in [2.75, 3.05) is 18.5 Å². The van der Waals surface area contributed by atoms with Crippen LogP contribution in [0.1, 0.15) is 85.5 Å². The smallest absolute Gasteiger partial charge is 0.305 e. The van der Waals surface area contributed by atoms with Gasteiger partial charge >= 0.3 is 5.97 Å². The van der Waals surface area contributed by atoms with Crippen LogP contribution >= 0.6 is 0 Å². The number of nitrogens with zero attached hydrogens (tertiary/aromatic N) is 5. The van der Waals surface area contributed by atoms with E-state index in [9.17, 15) is 20.1 Å². The fourth-order valence-electron chi connectivity index (χ4n) is 11.9. The summed E-state index contributed by atoms with van der Waals surface area (Å²) < 4.78 is 74.5. The van der Waals surface area contributed by atoms with E-state index >= 15 is 17.6 Å². The second-order valence-electron chi connectivity index (χ2n) is 21.0. The number of unbranched alkanes of at least 4 members (excludes halogenated alkanes) is 4. The SMILES string of the molecule is Cn1nnc2c1CC[C@@H]1[C@H](CC2)[C@H]1COC(=O)CCCCCCCNc1c(F)c(F)c(-c2c3nc(c(-c4cccc(O)c4)c4ccc([nH]4)c(-c4cccc(O)c4)c4nc(c(-c5cccc(O)c5)c5ccc2[nH]5)C=C4)C=C3)c(F)c1F. The lowest BCUT2D eigenvalue weighted by atomic mass is 10.0. The lowest BCUT2D eigenvalue weighted by Gasteiger charge is -2.14. The summed E-state index contributed by atoms with van der Waals surface area (Å²) in [5.41, 5.74) is 6.02. The number of H-pyrrole nitrogens is 2. The fraction of sp³-hybridized carbons (Fsp3) is 0.254. The molecule has 3 atom stereocenters. The van der Waals surface area contributed by atoms with Crippen molar-refractivity contribution in [2.45, 2.75) is 64.2 Å². The van der Waals surface area contributed by atoms with Crippen LogP contribution in [0.4, 0.5) is 23.2 Å². The Bertz CT molecular complexity index is 3920. The van der Waals surface area contributed by atoms with E-state index in [0.29, 0.717) is 111 Å². The lowest BCUT2D eigenvalue weighted by Crippen LogP contribution is -2.11. The summed E-state index contributed by atoms with van der Waals surface area (Å²) in [6.45, 7) is 0.455. The first-order chi connectivity index (χ1) is 38.9. The normalized spacial score (nSPS) is 16.2. The number of aryl methyl sites for hydroxylation is 2. The number of aromatic hydroxyl groups is 3. The van der Waals surface area contributed by atoms with Gasteiger partial charge in [0.15, 0.2) is 23.3 Å². The zero-order valence-corrected chi connectivity index (χ0v) is 43.7. The van der Waals surface area contributed by atoms with Crippen LogP contribution in [0.15, 0.2) is 97.1 Å². The van der Waals surface area contributed by atoms with E-state index in [2.05, 4.69) is 25.6 Å². The zero-order valence-electron chi connectivity index (χ0n) is 43.7. The Balaban J connectivity index is 0.841. The van der Waals surface area contributed by atoms with Crippen LogP contribution in [-0.2, 0) is 29.4 Å². The standard InChI is InChI=1S/C63H56F4N8O5/c1-75-52-28-18-41-40(17-19-43(52)73-74-75)42(41)33-80-53(79)16-5-3-2-4-6-29-68-63-61(66)59(64)58(60(65)62(63)67)57-50-26-24-48(71-50)55(35-11-8-14-38(77)31-35)46-22-20-44(69-46)54(34-10-7-13-37(76)30-34)45-21-23-47(70-45)56(49-25-27-51(57)72-49)36-12-9-15-39(78)32-36/h7-15,20-27,30-32,40-42,68-69,72,76-78H,2-6,16-19,28-29,33H2,1H3/t40-,41+,42+/m0/s1. The van der Waals surface area contributed by atoms with E-state index < -0.39 is 34.5 Å². The maximum Gasteiger partial charge on any atom is 0.305 e. The van der Waals surface area contributed by atoms with Crippen molar-refractivity contribution in [1.29, 1.82) is 0 Å². The van der Waals surface area contributed by atoms with Crippen molar-refractivity contribution in [3.05, 3.63) is 154 Å². The first-order valence-electron chi connectivity index (χ1n) is 27.1. The summed E-state index contributed by atoms with van der Waals surface area (Å²) in [6, 6.07) is 26.6. The van der Waals surface area contributed by atoms with E-state index in [-0.39, 0.29) is 52.2 Å². The highest BCUT2D eigenvalue weighted by molar-refractivity contribution is 6.00. The van der Waals surface area contributed by atoms with Gasteiger partial charge in [0.2, 0.25) is 0 Å². The number of esters is 1. The molecule has 1 fully saturated rings. The van der Waals surface area contributed by atoms with Crippen LogP contribution in [0.2, 0.25) is 0 Å². The molecule has 2 aliphatic carbocycles. The highest BCUT2D eigenvalue weighted by atomic mass is 19.2. The lowest BCUT2D eigenvalue weighted by molar-refractivity contribution is -0.144. The molecule has 6 N–H and O–H groups in total. The van der Waals surface area contributed by atoms with Crippen LogP contribution in [0.25, 0.3) is 90.9 Å². The maximum atomic E-state index is 17.0. The Morgan fingerprint density at radius 1 is 0.600 bits per heavy atom. The first-order valence-corrected chi connectivity index (χ1v) is 27.1. The van der Waals surface area contributed by atoms with Gasteiger partial charge in [-0.05, 0) is 158 Å². The fourth-order valence-corrected chi connectivity index (χ4v) is 11.9. The Kier molecular flexibility index (Phi) is 14.0. The monoisotopic (exact) mass is 1080 g/mol. The number of hydrogen-bond donors (Lipinski definition) is 6. The predicted octanol–water partition coefficient (Wildman–Crippen LogP) is 13.9. The van der Waals surface area contributed by atoms with Gasteiger partial charge in [0.1, 0.15) is 22.9 Å². The van der Waals surface area contributed by atoms with E-state index in [1.54, 1.807) is 72.8 Å². The number of carbonyl (C=O) groups is 1. The van der Waals surface area contributed by atoms with Crippen molar-refractivity contribution in [1.82, 2.24) is 34.9 Å². The molecule has 0 unspecified atom stereocenters. The van der Waals surface area contributed by atoms with Crippen molar-refractivity contribution in [2.24, 2.45) is 24.8 Å². The number of nitrogens with one attached hydrogen (secondary N) is 3. The molecule has 6 heterocycles. The summed E-state index contributed by atoms with van der Waals surface area (Å²) >= 11 is 0. The van der Waals surface area contributed by atoms with Crippen molar-refractivity contribution < 1.29 is 42.4 Å². The molecule has 406 valence electrons. The zero-order chi connectivity index (χ0) is 55.2. The van der Waals surface area contributed by atoms with Gasteiger partial charge in [-0.15, -0.1) is 5.10 Å². The third-order valence-corrected chi connectivity index (χ3v) is 15.9. The molecule has 80 heavy (non-hydrogen) atoms. The van der Waals surface area contributed by atoms with Crippen LogP contribution in [0.5, 0.6) is 17.2 Å². The van der Waals surface area contributed by atoms with Gasteiger partial charge in [-0.25, -0.2) is 27.5 Å². The number of rotatable bonds is 15. The molecule has 2 aliphatic heterocycles. The molecule has 4 aliphatic rings. The van der Waals surface area contributed by atoms with Gasteiger partial charge in [0.05, 0.1) is 46.3 Å². The molecular formula is C63H56F4N8O5. The van der Waals surface area contributed by atoms with E-state index in [0.717, 1.165) is 44.2 Å². The average molecular weight is 1080 g/mol. The van der Waals surface area contributed by atoms with Crippen LogP contribution in [0.3, 0.4) is 0 Å². The molecule has 8 bridgehead atoms. The number of anilines is 1. The Morgan fingerprint density at radius 3 is 1.57 bits per heavy atom. The molecule has 4 aromatic heterocycles. The van der Waals surface area contributed by atoms with Gasteiger partial charge in [0, 0.05) is 64.3 Å². The number of carbonyl (C=O) groups excluding carboxylic acids is 1. The number of fused-ring (bicyclic) bond motifs is 10. The molecule has 17 heteroatoms. The molecule has 0 spiro atoms. The Morgan fingerprint density at radius 2 is 1.06 bits per heavy atom. The maximum absolute atomic E-state index is 17.0. The molecule has 0 amide bonds. The molecule has 8 aromatic rings. The van der Waals surface area contributed by atoms with Crippen molar-refractivity contribution in [3.63, 3.8) is 0 Å². The van der Waals surface area contributed by atoms with Gasteiger partial charge in [0.25, 0.3) is 0 Å². The second kappa shape index (κ2) is 21.7. The number of benzene rings is 4. The third-order valence-electron chi connectivity index (χ3n) is 15.9. The number of ether oxygens (including phenoxy) is 1. The molecule has 0 radical (unpaired) electrons. The number of hydrogen-bond acceptors (Lipinski definition) is 10. The third kappa shape index (κ3) is 10.1. The second-order valence-corrected chi connectivity index (χ2v) is 21.0. The highest BCUT2D eigenvalue weighted by Crippen LogP contribution is 2.53. The first kappa shape index (κ1) is 51.7. The molecule has 0 saturated heterocycles. The molecular weight excluding hydrogens is 1020 g/mol. The predicted molar refractivity (Wildman–Crippen MR) is 301 cm³/mol. The Labute approximate surface area is 457 Å². The van der Waals surface area contributed by atoms with E-state index in [1.807, 2.05) is 36.0 Å². The largest absolute Gasteiger partial charge is 0.508 e. The van der Waals surface area contributed by atoms with Crippen LogP contribution < -0.4 is 5.32 Å². The van der Waals surface area contributed by atoms with E-state index in [4.69, 9.17) is 14.7 Å². The molecule has 4 aromatic carbocycles.